The van der Waals surface area contributed by atoms with Crippen LogP contribution in [-0.4, -0.2) is 57.2 Å². The van der Waals surface area contributed by atoms with Gasteiger partial charge in [0.25, 0.3) is 0 Å². The van der Waals surface area contributed by atoms with Gasteiger partial charge in [0.15, 0.2) is 5.60 Å². The zero-order valence-corrected chi connectivity index (χ0v) is 7.80. The average molecular weight is 198 g/mol. The minimum Gasteiger partial charge on any atom is -0.391 e. The quantitative estimate of drug-likeness (QED) is 0.410. The van der Waals surface area contributed by atoms with Crippen LogP contribution in [0.4, 0.5) is 0 Å². The van der Waals surface area contributed by atoms with Crippen molar-refractivity contribution in [2.24, 2.45) is 0 Å². The van der Waals surface area contributed by atoms with Crippen molar-refractivity contribution < 1.29 is 15.3 Å². The van der Waals surface area contributed by atoms with Crippen LogP contribution in [0.1, 0.15) is 12.8 Å². The molecule has 0 aromatic rings. The minimum absolute atomic E-state index is 0.270. The zero-order chi connectivity index (χ0) is 10.3. The van der Waals surface area contributed by atoms with Crippen molar-refractivity contribution in [3.05, 3.63) is 0 Å². The maximum absolute atomic E-state index is 9.92. The lowest BCUT2D eigenvalue weighted by molar-refractivity contribution is -0.0691. The van der Waals surface area contributed by atoms with E-state index in [2.05, 4.69) is 0 Å². The molecular weight excluding hydrogens is 184 g/mol. The second-order valence-corrected chi connectivity index (χ2v) is 4.10. The third-order valence-corrected chi connectivity index (χ3v) is 3.25. The Morgan fingerprint density at radius 2 is 2.14 bits per heavy atom. The van der Waals surface area contributed by atoms with Gasteiger partial charge in [0, 0.05) is 6.54 Å². The highest BCUT2D eigenvalue weighted by Gasteiger charge is 2.57. The van der Waals surface area contributed by atoms with Crippen molar-refractivity contribution in [2.45, 2.75) is 36.7 Å². The summed E-state index contributed by atoms with van der Waals surface area (Å²) in [7, 11) is 0. The third kappa shape index (κ3) is 1.16. The summed E-state index contributed by atoms with van der Waals surface area (Å²) in [4.78, 5) is 1.79. The number of fused-ring (bicyclic) bond motifs is 1. The largest absolute Gasteiger partial charge is 0.391 e. The van der Waals surface area contributed by atoms with Gasteiger partial charge in [-0.15, -0.1) is 0 Å². The van der Waals surface area contributed by atoms with Crippen LogP contribution < -0.4 is 0 Å². The summed E-state index contributed by atoms with van der Waals surface area (Å²) in [5.41, 5.74) is -1.81. The van der Waals surface area contributed by atoms with Crippen molar-refractivity contribution >= 4 is 0 Å². The van der Waals surface area contributed by atoms with E-state index in [1.165, 1.54) is 0 Å². The number of aliphatic hydroxyl groups is 3. The second kappa shape index (κ2) is 3.17. The minimum atomic E-state index is -1.81. The summed E-state index contributed by atoms with van der Waals surface area (Å²) in [5, 5.41) is 38.0. The van der Waals surface area contributed by atoms with Crippen LogP contribution in [0.25, 0.3) is 0 Å². The fraction of sp³-hybridized carbons (Fsp3) is 0.889. The highest BCUT2D eigenvalue weighted by Crippen LogP contribution is 2.35. The summed E-state index contributed by atoms with van der Waals surface area (Å²) in [6.07, 6.45) is -0.375. The molecule has 2 saturated heterocycles. The van der Waals surface area contributed by atoms with Crippen LogP contribution in [0.2, 0.25) is 0 Å². The molecule has 0 aromatic heterocycles. The van der Waals surface area contributed by atoms with Crippen molar-refractivity contribution in [1.29, 1.82) is 5.26 Å². The Morgan fingerprint density at radius 3 is 2.79 bits per heavy atom. The van der Waals surface area contributed by atoms with Gasteiger partial charge in [0.05, 0.1) is 12.1 Å². The Labute approximate surface area is 82.2 Å². The highest BCUT2D eigenvalue weighted by molar-refractivity contribution is 5.20. The summed E-state index contributed by atoms with van der Waals surface area (Å²) in [6, 6.07) is 1.10. The van der Waals surface area contributed by atoms with Crippen LogP contribution in [0, 0.1) is 11.3 Å². The molecule has 78 valence electrons. The molecule has 0 bridgehead atoms. The standard InChI is InChI=1S/C9H14N2O3/c10-5-9(14)7(13)4-11-3-1-2-6(12)8(9)11/h6-8,12-14H,1-4H2. The average Bonchev–Trinajstić information content (AvgIpc) is 2.41. The van der Waals surface area contributed by atoms with Gasteiger partial charge in [-0.25, -0.2) is 0 Å². The normalized spacial score (nSPS) is 48.6. The molecule has 0 spiro atoms. The number of aliphatic hydroxyl groups excluding tert-OH is 2. The molecule has 5 heteroatoms. The van der Waals surface area contributed by atoms with Crippen molar-refractivity contribution in [1.82, 2.24) is 4.90 Å². The molecule has 2 aliphatic heterocycles. The molecule has 0 radical (unpaired) electrons. The summed E-state index contributed by atoms with van der Waals surface area (Å²) in [6.45, 7) is 0.995. The van der Waals surface area contributed by atoms with Crippen molar-refractivity contribution in [3.8, 4) is 6.07 Å². The second-order valence-electron chi connectivity index (χ2n) is 4.10. The lowest BCUT2D eigenvalue weighted by atomic mass is 9.86. The number of nitrogens with zero attached hydrogens (tertiary/aromatic N) is 2. The van der Waals surface area contributed by atoms with Crippen molar-refractivity contribution in [2.75, 3.05) is 13.1 Å². The van der Waals surface area contributed by atoms with Crippen molar-refractivity contribution in [3.63, 3.8) is 0 Å². The fourth-order valence-corrected chi connectivity index (χ4v) is 2.52. The van der Waals surface area contributed by atoms with Crippen LogP contribution in [0.5, 0.6) is 0 Å². The molecule has 14 heavy (non-hydrogen) atoms. The van der Waals surface area contributed by atoms with Crippen LogP contribution in [-0.2, 0) is 0 Å². The van der Waals surface area contributed by atoms with Gasteiger partial charge in [-0.05, 0) is 19.4 Å². The molecule has 2 heterocycles. The number of hydrogen-bond acceptors (Lipinski definition) is 5. The molecule has 0 saturated carbocycles. The number of hydrogen-bond donors (Lipinski definition) is 3. The van der Waals surface area contributed by atoms with Gasteiger partial charge in [-0.3, -0.25) is 4.90 Å². The van der Waals surface area contributed by atoms with E-state index in [1.54, 1.807) is 11.0 Å². The van der Waals surface area contributed by atoms with Gasteiger partial charge in [0.2, 0.25) is 0 Å². The molecule has 5 nitrogen and oxygen atoms in total. The van der Waals surface area contributed by atoms with E-state index >= 15 is 0 Å². The first-order valence-electron chi connectivity index (χ1n) is 4.83. The Hall–Kier alpha value is -0.670. The molecule has 2 aliphatic rings. The maximum Gasteiger partial charge on any atom is 0.196 e. The monoisotopic (exact) mass is 198 g/mol. The SMILES string of the molecule is N#CC1(O)C(O)CN2CCCC(O)C21. The zero-order valence-electron chi connectivity index (χ0n) is 7.80. The molecular formula is C9H14N2O3. The number of nitriles is 1. The van der Waals surface area contributed by atoms with E-state index in [1.807, 2.05) is 0 Å². The summed E-state index contributed by atoms with van der Waals surface area (Å²) < 4.78 is 0. The number of rotatable bonds is 0. The first kappa shape index (κ1) is 9.87. The molecule has 0 aliphatic carbocycles. The van der Waals surface area contributed by atoms with Gasteiger partial charge in [-0.1, -0.05) is 0 Å². The van der Waals surface area contributed by atoms with Gasteiger partial charge in [-0.2, -0.15) is 5.26 Å². The lowest BCUT2D eigenvalue weighted by Crippen LogP contribution is -2.56. The molecule has 2 fully saturated rings. The van der Waals surface area contributed by atoms with Gasteiger partial charge in [0.1, 0.15) is 12.2 Å². The molecule has 2 rings (SSSR count). The first-order valence-corrected chi connectivity index (χ1v) is 4.83. The van der Waals surface area contributed by atoms with E-state index < -0.39 is 23.9 Å². The van der Waals surface area contributed by atoms with Crippen LogP contribution >= 0.6 is 0 Å². The van der Waals surface area contributed by atoms with Gasteiger partial charge >= 0.3 is 0 Å². The van der Waals surface area contributed by atoms with Gasteiger partial charge < -0.3 is 15.3 Å². The van der Waals surface area contributed by atoms with E-state index in [4.69, 9.17) is 5.26 Å². The molecule has 4 unspecified atom stereocenters. The topological polar surface area (TPSA) is 87.7 Å². The molecule has 4 atom stereocenters. The van der Waals surface area contributed by atoms with E-state index in [9.17, 15) is 15.3 Å². The Kier molecular flexibility index (Phi) is 2.24. The third-order valence-electron chi connectivity index (χ3n) is 3.25. The summed E-state index contributed by atoms with van der Waals surface area (Å²) >= 11 is 0. The highest BCUT2D eigenvalue weighted by atomic mass is 16.4. The fourth-order valence-electron chi connectivity index (χ4n) is 2.52. The number of piperidine rings is 1. The molecule has 3 N–H and O–H groups in total. The predicted molar refractivity (Wildman–Crippen MR) is 47.2 cm³/mol. The first-order chi connectivity index (χ1) is 6.59. The molecule has 0 amide bonds. The Bertz CT molecular complexity index is 278. The van der Waals surface area contributed by atoms with E-state index in [0.29, 0.717) is 6.42 Å². The lowest BCUT2D eigenvalue weighted by Gasteiger charge is -2.37. The Morgan fingerprint density at radius 1 is 1.43 bits per heavy atom. The Balaban J connectivity index is 2.30. The predicted octanol–water partition coefficient (Wildman–Crippen LogP) is -1.56. The smallest absolute Gasteiger partial charge is 0.196 e. The van der Waals surface area contributed by atoms with E-state index in [-0.39, 0.29) is 6.54 Å². The van der Waals surface area contributed by atoms with Crippen LogP contribution in [0.15, 0.2) is 0 Å². The summed E-state index contributed by atoms with van der Waals surface area (Å²) in [5.74, 6) is 0. The van der Waals surface area contributed by atoms with E-state index in [0.717, 1.165) is 13.0 Å². The molecule has 0 aromatic carbocycles. The van der Waals surface area contributed by atoms with Crippen LogP contribution in [0.3, 0.4) is 0 Å². The maximum atomic E-state index is 9.92.